The Labute approximate surface area is 206 Å². The molecule has 0 aliphatic carbocycles. The summed E-state index contributed by atoms with van der Waals surface area (Å²) in [5, 5.41) is 5.17. The number of thiophene rings is 1. The van der Waals surface area contributed by atoms with E-state index in [1.165, 1.54) is 17.5 Å². The van der Waals surface area contributed by atoms with Crippen molar-refractivity contribution >= 4 is 58.6 Å². The third-order valence-electron chi connectivity index (χ3n) is 4.78. The molecule has 1 aromatic heterocycles. The fraction of sp³-hybridized carbons (Fsp3) is 0.250. The highest BCUT2D eigenvalue weighted by Gasteiger charge is 2.42. The van der Waals surface area contributed by atoms with Crippen molar-refractivity contribution < 1.29 is 28.3 Å². The monoisotopic (exact) mass is 521 g/mol. The molecule has 34 heavy (non-hydrogen) atoms. The van der Waals surface area contributed by atoms with Crippen LogP contribution in [0.2, 0.25) is 5.02 Å². The van der Waals surface area contributed by atoms with E-state index in [4.69, 9.17) is 20.9 Å². The number of rotatable bonds is 8. The lowest BCUT2D eigenvalue weighted by molar-refractivity contribution is -0.159. The van der Waals surface area contributed by atoms with Crippen LogP contribution in [0.5, 0.6) is 0 Å². The first-order chi connectivity index (χ1) is 16.0. The number of halogens is 1. The topological polar surface area (TPSA) is 102 Å². The van der Waals surface area contributed by atoms with Gasteiger partial charge in [-0.25, -0.2) is 0 Å². The van der Waals surface area contributed by atoms with Gasteiger partial charge in [-0.05, 0) is 66.9 Å². The maximum atomic E-state index is 13.3. The van der Waals surface area contributed by atoms with Gasteiger partial charge in [0, 0.05) is 15.9 Å². The maximum absolute atomic E-state index is 13.3. The summed E-state index contributed by atoms with van der Waals surface area (Å²) in [6, 6.07) is 14.3. The highest BCUT2D eigenvalue weighted by atomic mass is 35.5. The summed E-state index contributed by atoms with van der Waals surface area (Å²) in [6.07, 6.45) is 3.05. The van der Waals surface area contributed by atoms with Crippen LogP contribution in [-0.2, 0) is 23.4 Å². The van der Waals surface area contributed by atoms with Gasteiger partial charge in [-0.3, -0.25) is 18.7 Å². The average molecular weight is 522 g/mol. The quantitative estimate of drug-likeness (QED) is 0.210. The summed E-state index contributed by atoms with van der Waals surface area (Å²) in [6.45, 7) is 4.16. The third-order valence-corrected chi connectivity index (χ3v) is 7.63. The molecule has 7 nitrogen and oxygen atoms in total. The van der Waals surface area contributed by atoms with Crippen molar-refractivity contribution in [2.45, 2.75) is 26.4 Å². The highest BCUT2D eigenvalue weighted by Crippen LogP contribution is 2.58. The lowest BCUT2D eigenvalue weighted by atomic mass is 9.98. The fourth-order valence-electron chi connectivity index (χ4n) is 3.01. The van der Waals surface area contributed by atoms with Crippen molar-refractivity contribution in [3.63, 3.8) is 0 Å². The normalized spacial score (nSPS) is 14.6. The molecule has 1 amide bonds. The molecular formula is C24H25ClNO6PS. The van der Waals surface area contributed by atoms with E-state index < -0.39 is 37.3 Å². The maximum Gasteiger partial charge on any atom is 0.347 e. The van der Waals surface area contributed by atoms with E-state index in [9.17, 15) is 19.0 Å². The van der Waals surface area contributed by atoms with Gasteiger partial charge in [-0.1, -0.05) is 41.9 Å². The Bertz CT molecular complexity index is 1250. The highest BCUT2D eigenvalue weighted by molar-refractivity contribution is 7.54. The molecule has 1 heterocycles. The van der Waals surface area contributed by atoms with Gasteiger partial charge in [-0.2, -0.15) is 0 Å². The number of esters is 1. The van der Waals surface area contributed by atoms with E-state index >= 15 is 0 Å². The summed E-state index contributed by atoms with van der Waals surface area (Å²) in [5.41, 5.74) is -1.26. The summed E-state index contributed by atoms with van der Waals surface area (Å²) in [5.74, 6) is -1.35. The Morgan fingerprint density at radius 1 is 1.21 bits per heavy atom. The van der Waals surface area contributed by atoms with Crippen LogP contribution in [0, 0.1) is 5.41 Å². The van der Waals surface area contributed by atoms with E-state index in [0.717, 1.165) is 10.3 Å². The average Bonchev–Trinajstić information content (AvgIpc) is 3.16. The Morgan fingerprint density at radius 3 is 2.59 bits per heavy atom. The van der Waals surface area contributed by atoms with Crippen LogP contribution in [0.25, 0.3) is 16.2 Å². The molecule has 2 unspecified atom stereocenters. The molecule has 0 aliphatic heterocycles. The van der Waals surface area contributed by atoms with Crippen molar-refractivity contribution in [3.8, 4) is 0 Å². The molecule has 0 aliphatic rings. The van der Waals surface area contributed by atoms with Gasteiger partial charge in [-0.15, -0.1) is 11.3 Å². The van der Waals surface area contributed by atoms with Gasteiger partial charge in [0.05, 0.1) is 5.41 Å². The van der Waals surface area contributed by atoms with Crippen LogP contribution in [0.15, 0.2) is 60.1 Å². The molecule has 180 valence electrons. The van der Waals surface area contributed by atoms with Gasteiger partial charge in [0.25, 0.3) is 0 Å². The van der Waals surface area contributed by atoms with Gasteiger partial charge in [0.15, 0.2) is 5.66 Å². The number of fused-ring (bicyclic) bond motifs is 1. The molecule has 2 aromatic carbocycles. The molecule has 10 heteroatoms. The number of nitrogens with one attached hydrogen (secondary N) is 1. The molecule has 0 saturated heterocycles. The first kappa shape index (κ1) is 26.1. The molecule has 2 atom stereocenters. The van der Waals surface area contributed by atoms with Crippen LogP contribution < -0.4 is 5.32 Å². The zero-order valence-electron chi connectivity index (χ0n) is 18.9. The largest absolute Gasteiger partial charge is 0.438 e. The Kier molecular flexibility index (Phi) is 8.34. The van der Waals surface area contributed by atoms with Crippen LogP contribution in [0.3, 0.4) is 0 Å². The zero-order chi connectivity index (χ0) is 24.9. The summed E-state index contributed by atoms with van der Waals surface area (Å²) >= 11 is 7.44. The standard InChI is InChI=1S/C24H25ClNO6PS/c1-24(2,3)23(28)31-15-32-33(29,30)21(19-14-34-20-10-9-17(25)13-18(19)20)22(27)26-12-11-16-7-5-4-6-8-16/h4-14,21H,15H2,1-3H3,(H,26,27)(H,29,30). The minimum Gasteiger partial charge on any atom is -0.438 e. The van der Waals surface area contributed by atoms with Gasteiger partial charge in [0.2, 0.25) is 12.7 Å². The van der Waals surface area contributed by atoms with Crippen molar-refractivity contribution in [1.82, 2.24) is 5.32 Å². The molecule has 0 bridgehead atoms. The first-order valence-electron chi connectivity index (χ1n) is 10.3. The van der Waals surface area contributed by atoms with E-state index in [0.29, 0.717) is 16.0 Å². The predicted octanol–water partition coefficient (Wildman–Crippen LogP) is 6.13. The van der Waals surface area contributed by atoms with Crippen LogP contribution >= 0.6 is 30.5 Å². The Balaban J connectivity index is 1.88. The molecule has 3 aromatic rings. The van der Waals surface area contributed by atoms with Crippen LogP contribution in [0.4, 0.5) is 0 Å². The number of ether oxygens (including phenoxy) is 1. The second-order valence-electron chi connectivity index (χ2n) is 8.48. The number of carbonyl (C=O) groups excluding carboxylic acids is 2. The lowest BCUT2D eigenvalue weighted by Crippen LogP contribution is -2.27. The first-order valence-corrected chi connectivity index (χ1v) is 13.2. The van der Waals surface area contributed by atoms with E-state index in [1.807, 2.05) is 30.3 Å². The number of hydrogen-bond acceptors (Lipinski definition) is 6. The second-order valence-corrected chi connectivity index (χ2v) is 11.7. The lowest BCUT2D eigenvalue weighted by Gasteiger charge is -2.22. The number of benzene rings is 2. The number of amides is 1. The molecule has 0 spiro atoms. The molecule has 0 fully saturated rings. The fourth-order valence-corrected chi connectivity index (χ4v) is 5.54. The van der Waals surface area contributed by atoms with Crippen molar-refractivity contribution in [2.24, 2.45) is 5.41 Å². The molecule has 3 rings (SSSR count). The summed E-state index contributed by atoms with van der Waals surface area (Å²) < 4.78 is 24.1. The van der Waals surface area contributed by atoms with E-state index in [2.05, 4.69) is 5.32 Å². The Morgan fingerprint density at radius 2 is 1.91 bits per heavy atom. The van der Waals surface area contributed by atoms with Crippen molar-refractivity contribution in [1.29, 1.82) is 0 Å². The second kappa shape index (κ2) is 10.8. The van der Waals surface area contributed by atoms with Crippen molar-refractivity contribution in [2.75, 3.05) is 6.79 Å². The van der Waals surface area contributed by atoms with Gasteiger partial charge in [0.1, 0.15) is 0 Å². The van der Waals surface area contributed by atoms with Gasteiger partial charge >= 0.3 is 13.6 Å². The molecule has 0 saturated carbocycles. The Hall–Kier alpha value is -2.48. The number of hydrogen-bond donors (Lipinski definition) is 2. The van der Waals surface area contributed by atoms with Crippen molar-refractivity contribution in [3.05, 3.63) is 76.3 Å². The summed E-state index contributed by atoms with van der Waals surface area (Å²) in [7, 11) is -4.65. The molecule has 0 radical (unpaired) electrons. The zero-order valence-corrected chi connectivity index (χ0v) is 21.3. The van der Waals surface area contributed by atoms with Crippen LogP contribution in [0.1, 0.15) is 37.6 Å². The van der Waals surface area contributed by atoms with E-state index in [-0.39, 0.29) is 0 Å². The van der Waals surface area contributed by atoms with E-state index in [1.54, 1.807) is 50.4 Å². The van der Waals surface area contributed by atoms with Gasteiger partial charge < -0.3 is 14.9 Å². The molecular weight excluding hydrogens is 497 g/mol. The smallest absolute Gasteiger partial charge is 0.347 e. The van der Waals surface area contributed by atoms with Crippen LogP contribution in [-0.4, -0.2) is 23.6 Å². The SMILES string of the molecule is CC(C)(C)C(=O)OCOP(=O)(O)C(C(=O)NC=Cc1ccccc1)c1csc2ccc(Cl)cc12. The number of carbonyl (C=O) groups is 2. The predicted molar refractivity (Wildman–Crippen MR) is 135 cm³/mol. The third kappa shape index (κ3) is 6.56. The minimum atomic E-state index is -4.65. The summed E-state index contributed by atoms with van der Waals surface area (Å²) in [4.78, 5) is 36.0. The minimum absolute atomic E-state index is 0.293. The molecule has 2 N–H and O–H groups in total.